The topological polar surface area (TPSA) is 74.7 Å². The highest BCUT2D eigenvalue weighted by Crippen LogP contribution is 2.34. The number of benzene rings is 1. The lowest BCUT2D eigenvalue weighted by Gasteiger charge is -2.40. The smallest absolute Gasteiger partial charge is 0.319 e. The summed E-state index contributed by atoms with van der Waals surface area (Å²) in [4.78, 5) is 31.5. The molecule has 8 nitrogen and oxygen atoms in total. The maximum absolute atomic E-state index is 15.9. The van der Waals surface area contributed by atoms with Gasteiger partial charge in [0, 0.05) is 43.5 Å². The van der Waals surface area contributed by atoms with Crippen LogP contribution in [0, 0.1) is 11.6 Å². The SMILES string of the molecule is C=CC(=O)N1CCN(c2nc(OC[C@@H]3CCCN3C)nc3c(F)c(-c4ccccc4F)ncc23)[C@@H](C)C1. The number of nitrogens with zero attached hydrogens (tertiary/aromatic N) is 6. The summed E-state index contributed by atoms with van der Waals surface area (Å²) in [6.07, 6.45) is 4.88. The number of rotatable bonds is 6. The fourth-order valence-corrected chi connectivity index (χ4v) is 5.11. The Kier molecular flexibility index (Phi) is 7.01. The van der Waals surface area contributed by atoms with Crippen molar-refractivity contribution in [1.29, 1.82) is 0 Å². The molecule has 3 aromatic rings. The fraction of sp³-hybridized carbons (Fsp3) is 0.407. The predicted octanol–water partition coefficient (Wildman–Crippen LogP) is 3.67. The second kappa shape index (κ2) is 10.4. The average Bonchev–Trinajstić information content (AvgIpc) is 3.32. The molecule has 2 atom stereocenters. The van der Waals surface area contributed by atoms with Crippen LogP contribution in [-0.4, -0.2) is 82.6 Å². The van der Waals surface area contributed by atoms with E-state index in [9.17, 15) is 9.18 Å². The van der Waals surface area contributed by atoms with E-state index in [0.717, 1.165) is 19.4 Å². The number of halogens is 2. The van der Waals surface area contributed by atoms with Crippen LogP contribution in [0.3, 0.4) is 0 Å². The summed E-state index contributed by atoms with van der Waals surface area (Å²) in [6.45, 7) is 8.33. The summed E-state index contributed by atoms with van der Waals surface area (Å²) in [5, 5.41) is 0.401. The third kappa shape index (κ3) is 4.85. The van der Waals surface area contributed by atoms with E-state index < -0.39 is 11.6 Å². The lowest BCUT2D eigenvalue weighted by atomic mass is 10.1. The molecule has 0 aliphatic carbocycles. The molecule has 0 N–H and O–H groups in total. The van der Waals surface area contributed by atoms with Crippen LogP contribution in [0.2, 0.25) is 0 Å². The van der Waals surface area contributed by atoms with Crippen molar-refractivity contribution in [3.63, 3.8) is 0 Å². The van der Waals surface area contributed by atoms with Gasteiger partial charge in [-0.15, -0.1) is 0 Å². The molecule has 1 aromatic carbocycles. The van der Waals surface area contributed by atoms with E-state index >= 15 is 4.39 Å². The van der Waals surface area contributed by atoms with Gasteiger partial charge in [-0.1, -0.05) is 18.7 Å². The number of carbonyl (C=O) groups excluding carboxylic acids is 1. The van der Waals surface area contributed by atoms with Crippen molar-refractivity contribution >= 4 is 22.6 Å². The van der Waals surface area contributed by atoms with Crippen molar-refractivity contribution in [3.05, 3.63) is 54.8 Å². The van der Waals surface area contributed by atoms with Gasteiger partial charge in [-0.05, 0) is 51.6 Å². The monoisotopic (exact) mass is 508 g/mol. The highest BCUT2D eigenvalue weighted by atomic mass is 19.1. The van der Waals surface area contributed by atoms with Gasteiger partial charge in [-0.2, -0.15) is 9.97 Å². The second-order valence-corrected chi connectivity index (χ2v) is 9.61. The minimum Gasteiger partial charge on any atom is -0.462 e. The van der Waals surface area contributed by atoms with E-state index in [-0.39, 0.29) is 40.8 Å². The second-order valence-electron chi connectivity index (χ2n) is 9.61. The standard InChI is InChI=1S/C27H30F2N6O2/c1-4-22(36)34-12-13-35(17(2)15-34)26-20-14-30-24(19-9-5-6-10-21(19)28)23(29)25(20)31-27(32-26)37-16-18-8-7-11-33(18)3/h4-6,9-10,14,17-18H,1,7-8,11-13,15-16H2,2-3H3/t17-,18-/m0/s1. The molecule has 4 heterocycles. The molecule has 2 aromatic heterocycles. The Hall–Kier alpha value is -3.66. The zero-order valence-electron chi connectivity index (χ0n) is 21.0. The van der Waals surface area contributed by atoms with Crippen molar-refractivity contribution in [2.75, 3.05) is 44.7 Å². The molecular formula is C27H30F2N6O2. The molecule has 1 amide bonds. The van der Waals surface area contributed by atoms with Gasteiger partial charge >= 0.3 is 6.01 Å². The lowest BCUT2D eigenvalue weighted by molar-refractivity contribution is -0.126. The van der Waals surface area contributed by atoms with E-state index in [4.69, 9.17) is 4.74 Å². The first-order chi connectivity index (χ1) is 17.9. The van der Waals surface area contributed by atoms with Crippen molar-refractivity contribution < 1.29 is 18.3 Å². The third-order valence-electron chi connectivity index (χ3n) is 7.23. The predicted molar refractivity (Wildman–Crippen MR) is 137 cm³/mol. The van der Waals surface area contributed by atoms with Crippen molar-refractivity contribution in [3.8, 4) is 17.3 Å². The molecule has 37 heavy (non-hydrogen) atoms. The van der Waals surface area contributed by atoms with Crippen molar-refractivity contribution in [1.82, 2.24) is 24.8 Å². The Morgan fingerprint density at radius 2 is 2.03 bits per heavy atom. The van der Waals surface area contributed by atoms with Crippen LogP contribution >= 0.6 is 0 Å². The van der Waals surface area contributed by atoms with E-state index in [1.165, 1.54) is 24.4 Å². The van der Waals surface area contributed by atoms with Gasteiger partial charge < -0.3 is 19.4 Å². The zero-order chi connectivity index (χ0) is 26.1. The van der Waals surface area contributed by atoms with Crippen LogP contribution in [0.1, 0.15) is 19.8 Å². The molecule has 5 rings (SSSR count). The number of piperazine rings is 1. The van der Waals surface area contributed by atoms with Gasteiger partial charge in [0.25, 0.3) is 0 Å². The van der Waals surface area contributed by atoms with E-state index in [2.05, 4.69) is 26.4 Å². The first-order valence-electron chi connectivity index (χ1n) is 12.5. The average molecular weight is 509 g/mol. The summed E-state index contributed by atoms with van der Waals surface area (Å²) in [6, 6.07) is 6.11. The Morgan fingerprint density at radius 3 is 2.73 bits per heavy atom. The molecule has 2 aliphatic rings. The first kappa shape index (κ1) is 25.0. The summed E-state index contributed by atoms with van der Waals surface area (Å²) < 4.78 is 36.4. The van der Waals surface area contributed by atoms with Crippen LogP contribution in [0.5, 0.6) is 6.01 Å². The van der Waals surface area contributed by atoms with Crippen molar-refractivity contribution in [2.24, 2.45) is 0 Å². The minimum atomic E-state index is -0.734. The van der Waals surface area contributed by atoms with Crippen LogP contribution in [0.4, 0.5) is 14.6 Å². The molecule has 0 spiro atoms. The maximum atomic E-state index is 15.9. The van der Waals surface area contributed by atoms with Gasteiger partial charge in [0.2, 0.25) is 5.91 Å². The Labute approximate surface area is 214 Å². The van der Waals surface area contributed by atoms with Crippen molar-refractivity contribution in [2.45, 2.75) is 31.8 Å². The summed E-state index contributed by atoms with van der Waals surface area (Å²) in [7, 11) is 2.05. The Bertz CT molecular complexity index is 1340. The number of anilines is 1. The number of amides is 1. The molecule has 2 fully saturated rings. The molecule has 0 unspecified atom stereocenters. The minimum absolute atomic E-state index is 0.0184. The Morgan fingerprint density at radius 1 is 1.22 bits per heavy atom. The summed E-state index contributed by atoms with van der Waals surface area (Å²) >= 11 is 0. The molecule has 2 aliphatic heterocycles. The molecule has 194 valence electrons. The third-order valence-corrected chi connectivity index (χ3v) is 7.23. The lowest BCUT2D eigenvalue weighted by Crippen LogP contribution is -2.53. The number of pyridine rings is 1. The van der Waals surface area contributed by atoms with Gasteiger partial charge in [0.15, 0.2) is 5.82 Å². The number of carbonyl (C=O) groups is 1. The molecule has 0 bridgehead atoms. The molecule has 0 saturated carbocycles. The normalized spacial score (nSPS) is 20.4. The van der Waals surface area contributed by atoms with Gasteiger partial charge in [0.05, 0.1) is 5.39 Å². The van der Waals surface area contributed by atoms with Crippen LogP contribution in [0.15, 0.2) is 43.1 Å². The highest BCUT2D eigenvalue weighted by molar-refractivity contribution is 5.92. The molecule has 10 heteroatoms. The largest absolute Gasteiger partial charge is 0.462 e. The number of ether oxygens (including phenoxy) is 1. The maximum Gasteiger partial charge on any atom is 0.319 e. The fourth-order valence-electron chi connectivity index (χ4n) is 5.11. The summed E-state index contributed by atoms with van der Waals surface area (Å²) in [5.41, 5.74) is -0.0435. The summed E-state index contributed by atoms with van der Waals surface area (Å²) in [5.74, 6) is -0.961. The van der Waals surface area contributed by atoms with Crippen LogP contribution in [-0.2, 0) is 4.79 Å². The molecule has 2 saturated heterocycles. The molecular weight excluding hydrogens is 478 g/mol. The van der Waals surface area contributed by atoms with E-state index in [1.54, 1.807) is 17.0 Å². The molecule has 0 radical (unpaired) electrons. The first-order valence-corrected chi connectivity index (χ1v) is 12.5. The number of aromatic nitrogens is 3. The van der Waals surface area contributed by atoms with Gasteiger partial charge in [-0.25, -0.2) is 8.78 Å². The van der Waals surface area contributed by atoms with E-state index in [1.807, 2.05) is 18.9 Å². The van der Waals surface area contributed by atoms with E-state index in [0.29, 0.717) is 37.4 Å². The number of hydrogen-bond donors (Lipinski definition) is 0. The number of likely N-dealkylation sites (N-methyl/N-ethyl adjacent to an activating group) is 1. The van der Waals surface area contributed by atoms with Gasteiger partial charge in [0.1, 0.15) is 29.5 Å². The highest BCUT2D eigenvalue weighted by Gasteiger charge is 2.30. The van der Waals surface area contributed by atoms with Crippen LogP contribution < -0.4 is 9.64 Å². The number of likely N-dealkylation sites (tertiary alicyclic amines) is 1. The number of fused-ring (bicyclic) bond motifs is 1. The van der Waals surface area contributed by atoms with Crippen LogP contribution in [0.25, 0.3) is 22.2 Å². The quantitative estimate of drug-likeness (QED) is 0.471. The van der Waals surface area contributed by atoms with Gasteiger partial charge in [-0.3, -0.25) is 9.78 Å². The zero-order valence-corrected chi connectivity index (χ0v) is 21.0. The Balaban J connectivity index is 1.57. The number of hydrogen-bond acceptors (Lipinski definition) is 7.